The molecular weight excluding hydrogens is 283 g/mol. The summed E-state index contributed by atoms with van der Waals surface area (Å²) < 4.78 is 12.7. The quantitative estimate of drug-likeness (QED) is 0.668. The second kappa shape index (κ2) is 6.16. The first-order valence-electron chi connectivity index (χ1n) is 5.64. The van der Waals surface area contributed by atoms with E-state index in [-0.39, 0.29) is 16.4 Å². The van der Waals surface area contributed by atoms with E-state index >= 15 is 0 Å². The van der Waals surface area contributed by atoms with E-state index in [4.69, 9.17) is 16.7 Å². The fourth-order valence-corrected chi connectivity index (χ4v) is 1.69. The van der Waals surface area contributed by atoms with Crippen molar-refractivity contribution >= 4 is 29.5 Å². The van der Waals surface area contributed by atoms with E-state index < -0.39 is 5.97 Å². The summed E-state index contributed by atoms with van der Waals surface area (Å²) in [6.45, 7) is 0. The molecule has 0 bridgehead atoms. The molecule has 0 aromatic heterocycles. The van der Waals surface area contributed by atoms with Gasteiger partial charge in [-0.25, -0.2) is 9.18 Å². The minimum atomic E-state index is -1.11. The van der Waals surface area contributed by atoms with Gasteiger partial charge in [0.25, 0.3) is 0 Å². The smallest absolute Gasteiger partial charge is 0.337 e. The zero-order valence-electron chi connectivity index (χ0n) is 10.2. The fourth-order valence-electron chi connectivity index (χ4n) is 1.49. The zero-order chi connectivity index (χ0) is 14.5. The highest BCUT2D eigenvalue weighted by atomic mass is 35.5. The third-order valence-electron chi connectivity index (χ3n) is 2.47. The van der Waals surface area contributed by atoms with Crippen LogP contribution < -0.4 is 5.43 Å². The van der Waals surface area contributed by atoms with Crippen molar-refractivity contribution < 1.29 is 14.3 Å². The number of aromatic carboxylic acids is 1. The average molecular weight is 293 g/mol. The van der Waals surface area contributed by atoms with E-state index in [0.717, 1.165) is 0 Å². The number of carboxylic acid groups (broad SMARTS) is 1. The predicted molar refractivity (Wildman–Crippen MR) is 76.0 cm³/mol. The molecule has 0 radical (unpaired) electrons. The van der Waals surface area contributed by atoms with Crippen molar-refractivity contribution in [1.29, 1.82) is 0 Å². The summed E-state index contributed by atoms with van der Waals surface area (Å²) in [7, 11) is 0. The van der Waals surface area contributed by atoms with Crippen LogP contribution in [0.1, 0.15) is 15.9 Å². The van der Waals surface area contributed by atoms with E-state index in [0.29, 0.717) is 11.3 Å². The molecule has 4 nitrogen and oxygen atoms in total. The minimum absolute atomic E-state index is 0.00588. The molecule has 20 heavy (non-hydrogen) atoms. The maximum atomic E-state index is 12.7. The molecule has 2 aromatic rings. The van der Waals surface area contributed by atoms with Gasteiger partial charge in [0.15, 0.2) is 0 Å². The van der Waals surface area contributed by atoms with Gasteiger partial charge >= 0.3 is 5.97 Å². The molecule has 0 saturated carbocycles. The first-order chi connectivity index (χ1) is 9.56. The molecule has 0 atom stereocenters. The third kappa shape index (κ3) is 3.55. The summed E-state index contributed by atoms with van der Waals surface area (Å²) >= 11 is 5.75. The van der Waals surface area contributed by atoms with Crippen LogP contribution in [0.3, 0.4) is 0 Å². The number of benzene rings is 2. The molecule has 102 valence electrons. The number of hydrogen-bond acceptors (Lipinski definition) is 3. The molecule has 2 N–H and O–H groups in total. The number of anilines is 1. The van der Waals surface area contributed by atoms with E-state index in [1.807, 2.05) is 0 Å². The van der Waals surface area contributed by atoms with Crippen molar-refractivity contribution in [2.45, 2.75) is 0 Å². The lowest BCUT2D eigenvalue weighted by atomic mass is 10.2. The summed E-state index contributed by atoms with van der Waals surface area (Å²) in [6, 6.07) is 10.3. The van der Waals surface area contributed by atoms with Gasteiger partial charge < -0.3 is 5.11 Å². The predicted octanol–water partition coefficient (Wildman–Crippen LogP) is 3.62. The van der Waals surface area contributed by atoms with Gasteiger partial charge in [0.2, 0.25) is 0 Å². The van der Waals surface area contributed by atoms with Gasteiger partial charge in [-0.2, -0.15) is 5.10 Å². The van der Waals surface area contributed by atoms with E-state index in [1.54, 1.807) is 18.2 Å². The summed E-state index contributed by atoms with van der Waals surface area (Å²) in [5.41, 5.74) is 3.88. The Bertz CT molecular complexity index is 657. The largest absolute Gasteiger partial charge is 0.478 e. The Kier molecular flexibility index (Phi) is 4.32. The lowest BCUT2D eigenvalue weighted by Gasteiger charge is -2.03. The molecule has 0 spiro atoms. The fraction of sp³-hybridized carbons (Fsp3) is 0. The lowest BCUT2D eigenvalue weighted by Crippen LogP contribution is -1.99. The molecule has 0 aliphatic rings. The van der Waals surface area contributed by atoms with Crippen molar-refractivity contribution in [3.63, 3.8) is 0 Å². The molecule has 0 aliphatic carbocycles. The molecule has 2 aromatic carbocycles. The SMILES string of the molecule is O=C(O)c1cc(NN=Cc2ccc(F)cc2)ccc1Cl. The highest BCUT2D eigenvalue weighted by Gasteiger charge is 2.08. The van der Waals surface area contributed by atoms with Crippen LogP contribution in [-0.4, -0.2) is 17.3 Å². The monoisotopic (exact) mass is 292 g/mol. The number of nitrogens with zero attached hydrogens (tertiary/aromatic N) is 1. The lowest BCUT2D eigenvalue weighted by molar-refractivity contribution is 0.0697. The van der Waals surface area contributed by atoms with Crippen molar-refractivity contribution in [2.75, 3.05) is 5.43 Å². The van der Waals surface area contributed by atoms with Crippen molar-refractivity contribution in [3.8, 4) is 0 Å². The van der Waals surface area contributed by atoms with Gasteiger partial charge in [-0.05, 0) is 35.9 Å². The van der Waals surface area contributed by atoms with Crippen LogP contribution in [0, 0.1) is 5.82 Å². The van der Waals surface area contributed by atoms with Crippen molar-refractivity contribution in [2.24, 2.45) is 5.10 Å². The minimum Gasteiger partial charge on any atom is -0.478 e. The number of carboxylic acids is 1. The number of nitrogens with one attached hydrogen (secondary N) is 1. The third-order valence-corrected chi connectivity index (χ3v) is 2.80. The number of carbonyl (C=O) groups is 1. The van der Waals surface area contributed by atoms with Crippen LogP contribution in [0.15, 0.2) is 47.6 Å². The van der Waals surface area contributed by atoms with Gasteiger partial charge in [0.05, 0.1) is 22.5 Å². The van der Waals surface area contributed by atoms with E-state index in [9.17, 15) is 9.18 Å². The van der Waals surface area contributed by atoms with Crippen LogP contribution in [0.4, 0.5) is 10.1 Å². The number of halogens is 2. The molecule has 0 heterocycles. The standard InChI is InChI=1S/C14H10ClFN2O2/c15-13-6-5-11(7-12(13)14(19)20)18-17-8-9-1-3-10(16)4-2-9/h1-8,18H,(H,19,20). The first kappa shape index (κ1) is 14.0. The molecule has 0 aliphatic heterocycles. The van der Waals surface area contributed by atoms with Crippen molar-refractivity contribution in [1.82, 2.24) is 0 Å². The average Bonchev–Trinajstić information content (AvgIpc) is 2.42. The molecule has 0 amide bonds. The Morgan fingerprint density at radius 2 is 1.95 bits per heavy atom. The Hall–Kier alpha value is -2.40. The molecule has 6 heteroatoms. The molecule has 2 rings (SSSR count). The number of rotatable bonds is 4. The summed E-state index contributed by atoms with van der Waals surface area (Å²) in [5, 5.41) is 13.0. The second-order valence-corrected chi connectivity index (χ2v) is 4.33. The molecule has 0 fully saturated rings. The van der Waals surface area contributed by atoms with Crippen LogP contribution in [0.25, 0.3) is 0 Å². The molecule has 0 saturated heterocycles. The van der Waals surface area contributed by atoms with Crippen LogP contribution >= 0.6 is 11.6 Å². The maximum Gasteiger partial charge on any atom is 0.337 e. The van der Waals surface area contributed by atoms with Gasteiger partial charge in [-0.1, -0.05) is 23.7 Å². The maximum absolute atomic E-state index is 12.7. The van der Waals surface area contributed by atoms with E-state index in [2.05, 4.69) is 10.5 Å². The normalized spacial score (nSPS) is 10.7. The summed E-state index contributed by atoms with van der Waals surface area (Å²) in [4.78, 5) is 10.9. The Labute approximate surface area is 119 Å². The number of hydrazone groups is 1. The van der Waals surface area contributed by atoms with Gasteiger partial charge in [0.1, 0.15) is 5.82 Å². The summed E-state index contributed by atoms with van der Waals surface area (Å²) in [6.07, 6.45) is 1.49. The topological polar surface area (TPSA) is 61.7 Å². The first-order valence-corrected chi connectivity index (χ1v) is 6.01. The van der Waals surface area contributed by atoms with Crippen LogP contribution in [0.2, 0.25) is 5.02 Å². The highest BCUT2D eigenvalue weighted by molar-refractivity contribution is 6.33. The summed E-state index contributed by atoms with van der Waals surface area (Å²) in [5.74, 6) is -1.43. The highest BCUT2D eigenvalue weighted by Crippen LogP contribution is 2.20. The zero-order valence-corrected chi connectivity index (χ0v) is 10.9. The Morgan fingerprint density at radius 3 is 2.60 bits per heavy atom. The van der Waals surface area contributed by atoms with Gasteiger partial charge in [0, 0.05) is 0 Å². The molecular formula is C14H10ClFN2O2. The van der Waals surface area contributed by atoms with E-state index in [1.165, 1.54) is 30.5 Å². The van der Waals surface area contributed by atoms with Crippen molar-refractivity contribution in [3.05, 3.63) is 64.4 Å². The Morgan fingerprint density at radius 1 is 1.25 bits per heavy atom. The molecule has 0 unspecified atom stereocenters. The second-order valence-electron chi connectivity index (χ2n) is 3.92. The van der Waals surface area contributed by atoms with Crippen LogP contribution in [0.5, 0.6) is 0 Å². The Balaban J connectivity index is 2.09. The van der Waals surface area contributed by atoms with Gasteiger partial charge in [-0.15, -0.1) is 0 Å². The number of hydrogen-bond donors (Lipinski definition) is 2. The van der Waals surface area contributed by atoms with Gasteiger partial charge in [-0.3, -0.25) is 5.43 Å². The van der Waals surface area contributed by atoms with Crippen LogP contribution in [-0.2, 0) is 0 Å².